The first-order valence-corrected chi connectivity index (χ1v) is 7.15. The number of carboxylic acids is 1. The van der Waals surface area contributed by atoms with Crippen LogP contribution in [0.25, 0.3) is 0 Å². The number of carboxylic acid groups (broad SMARTS) is 1. The number of carbonyl (C=O) groups excluding carboxylic acids is 1. The van der Waals surface area contributed by atoms with E-state index in [0.717, 1.165) is 18.5 Å². The highest BCUT2D eigenvalue weighted by Crippen LogP contribution is 2.23. The second-order valence-corrected chi connectivity index (χ2v) is 6.75. The van der Waals surface area contributed by atoms with Crippen molar-refractivity contribution in [3.63, 3.8) is 0 Å². The number of alkyl carbamates (subject to hydrolysis) is 1. The molecule has 0 aromatic heterocycles. The van der Waals surface area contributed by atoms with Gasteiger partial charge in [0, 0.05) is 19.6 Å². The molecule has 1 saturated heterocycles. The Kier molecular flexibility index (Phi) is 5.39. The summed E-state index contributed by atoms with van der Waals surface area (Å²) in [5.41, 5.74) is -0.859. The minimum absolute atomic E-state index is 0.287. The molecule has 1 aliphatic heterocycles. The van der Waals surface area contributed by atoms with Crippen LogP contribution in [0.15, 0.2) is 12.2 Å². The quantitative estimate of drug-likeness (QED) is 0.759. The van der Waals surface area contributed by atoms with Crippen LogP contribution in [0.1, 0.15) is 40.5 Å². The summed E-state index contributed by atoms with van der Waals surface area (Å²) in [5, 5.41) is 12.0. The molecule has 120 valence electrons. The predicted molar refractivity (Wildman–Crippen MR) is 80.2 cm³/mol. The maximum atomic E-state index is 11.9. The van der Waals surface area contributed by atoms with Crippen LogP contribution < -0.4 is 5.32 Å². The standard InChI is InChI=1S/C15H26N2O4/c1-11(2)6-8-17-9-7-15(10-17,12(18)19)16-13(20)21-14(3,4)5/h1,6-10H2,2-5H3,(H,16,20)(H,18,19). The van der Waals surface area contributed by atoms with Crippen molar-refractivity contribution in [3.8, 4) is 0 Å². The van der Waals surface area contributed by atoms with Gasteiger partial charge in [0.2, 0.25) is 0 Å². The van der Waals surface area contributed by atoms with E-state index in [1.807, 2.05) is 11.8 Å². The molecule has 0 spiro atoms. The first-order valence-electron chi connectivity index (χ1n) is 7.15. The zero-order valence-electron chi connectivity index (χ0n) is 13.4. The van der Waals surface area contributed by atoms with Gasteiger partial charge in [0.05, 0.1) is 0 Å². The van der Waals surface area contributed by atoms with Gasteiger partial charge in [-0.2, -0.15) is 0 Å². The Morgan fingerprint density at radius 1 is 1.43 bits per heavy atom. The average molecular weight is 298 g/mol. The summed E-state index contributed by atoms with van der Waals surface area (Å²) in [5.74, 6) is -1.02. The second kappa shape index (κ2) is 6.47. The number of carbonyl (C=O) groups is 2. The van der Waals surface area contributed by atoms with Crippen LogP contribution in [0, 0.1) is 0 Å². The Labute approximate surface area is 126 Å². The first kappa shape index (κ1) is 17.5. The molecule has 2 N–H and O–H groups in total. The molecule has 0 bridgehead atoms. The summed E-state index contributed by atoms with van der Waals surface area (Å²) in [6, 6.07) is 0. The molecule has 21 heavy (non-hydrogen) atoms. The predicted octanol–water partition coefficient (Wildman–Crippen LogP) is 2.01. The van der Waals surface area contributed by atoms with E-state index in [2.05, 4.69) is 11.9 Å². The molecule has 0 aromatic carbocycles. The fraction of sp³-hybridized carbons (Fsp3) is 0.733. The molecule has 1 amide bonds. The van der Waals surface area contributed by atoms with E-state index in [1.54, 1.807) is 20.8 Å². The SMILES string of the molecule is C=C(C)CCN1CCC(NC(=O)OC(C)(C)C)(C(=O)O)C1. The van der Waals surface area contributed by atoms with Crippen molar-refractivity contribution in [3.05, 3.63) is 12.2 Å². The maximum Gasteiger partial charge on any atom is 0.408 e. The molecule has 0 aromatic rings. The smallest absolute Gasteiger partial charge is 0.408 e. The minimum atomic E-state index is -1.27. The van der Waals surface area contributed by atoms with Crippen molar-refractivity contribution in [2.24, 2.45) is 0 Å². The second-order valence-electron chi connectivity index (χ2n) is 6.75. The number of hydrogen-bond donors (Lipinski definition) is 2. The molecule has 1 atom stereocenters. The van der Waals surface area contributed by atoms with Crippen LogP contribution in [-0.4, -0.2) is 52.8 Å². The minimum Gasteiger partial charge on any atom is -0.479 e. The summed E-state index contributed by atoms with van der Waals surface area (Å²) in [6.45, 7) is 12.7. The molecule has 1 unspecified atom stereocenters. The van der Waals surface area contributed by atoms with Crippen molar-refractivity contribution in [1.82, 2.24) is 10.2 Å². The number of rotatable bonds is 5. The van der Waals surface area contributed by atoms with Gasteiger partial charge in [0.15, 0.2) is 5.54 Å². The van der Waals surface area contributed by atoms with Gasteiger partial charge < -0.3 is 15.2 Å². The fourth-order valence-electron chi connectivity index (χ4n) is 2.26. The van der Waals surface area contributed by atoms with Crippen LogP contribution in [0.2, 0.25) is 0 Å². The van der Waals surface area contributed by atoms with E-state index < -0.39 is 23.2 Å². The molecule has 0 radical (unpaired) electrons. The number of nitrogens with zero attached hydrogens (tertiary/aromatic N) is 1. The number of likely N-dealkylation sites (tertiary alicyclic amines) is 1. The number of aliphatic carboxylic acids is 1. The molecule has 1 fully saturated rings. The largest absolute Gasteiger partial charge is 0.479 e. The highest BCUT2D eigenvalue weighted by atomic mass is 16.6. The lowest BCUT2D eigenvalue weighted by molar-refractivity contribution is -0.144. The van der Waals surface area contributed by atoms with Crippen molar-refractivity contribution >= 4 is 12.1 Å². The van der Waals surface area contributed by atoms with E-state index in [9.17, 15) is 14.7 Å². The normalized spacial score (nSPS) is 22.9. The van der Waals surface area contributed by atoms with E-state index in [-0.39, 0.29) is 6.54 Å². The zero-order valence-corrected chi connectivity index (χ0v) is 13.4. The number of nitrogens with one attached hydrogen (secondary N) is 1. The summed E-state index contributed by atoms with van der Waals surface area (Å²) in [7, 11) is 0. The summed E-state index contributed by atoms with van der Waals surface area (Å²) in [6.07, 6.45) is 0.506. The van der Waals surface area contributed by atoms with Gasteiger partial charge in [0.25, 0.3) is 0 Å². The lowest BCUT2D eigenvalue weighted by atomic mass is 9.99. The van der Waals surface area contributed by atoms with Gasteiger partial charge in [-0.05, 0) is 40.5 Å². The van der Waals surface area contributed by atoms with Crippen molar-refractivity contribution < 1.29 is 19.4 Å². The lowest BCUT2D eigenvalue weighted by Gasteiger charge is -2.28. The molecule has 6 nitrogen and oxygen atoms in total. The highest BCUT2D eigenvalue weighted by molar-refractivity contribution is 5.85. The molecule has 1 heterocycles. The summed E-state index contributed by atoms with van der Waals surface area (Å²) < 4.78 is 5.16. The molecule has 0 saturated carbocycles. The molecule has 6 heteroatoms. The fourth-order valence-corrected chi connectivity index (χ4v) is 2.26. The Bertz CT molecular complexity index is 428. The summed E-state index contributed by atoms with van der Waals surface area (Å²) in [4.78, 5) is 25.5. The van der Waals surface area contributed by atoms with Crippen molar-refractivity contribution in [2.75, 3.05) is 19.6 Å². The Morgan fingerprint density at radius 3 is 2.52 bits per heavy atom. The average Bonchev–Trinajstić information content (AvgIpc) is 2.68. The first-order chi connectivity index (χ1) is 9.54. The summed E-state index contributed by atoms with van der Waals surface area (Å²) >= 11 is 0. The third-order valence-electron chi connectivity index (χ3n) is 3.35. The van der Waals surface area contributed by atoms with Gasteiger partial charge in [-0.25, -0.2) is 9.59 Å². The van der Waals surface area contributed by atoms with Gasteiger partial charge in [-0.1, -0.05) is 5.57 Å². The van der Waals surface area contributed by atoms with Crippen LogP contribution in [0.5, 0.6) is 0 Å². The zero-order chi connectivity index (χ0) is 16.3. The van der Waals surface area contributed by atoms with Crippen molar-refractivity contribution in [1.29, 1.82) is 0 Å². The van der Waals surface area contributed by atoms with Crippen molar-refractivity contribution in [2.45, 2.75) is 51.7 Å². The third kappa shape index (κ3) is 5.38. The van der Waals surface area contributed by atoms with Gasteiger partial charge >= 0.3 is 12.1 Å². The number of amides is 1. The molecule has 1 rings (SSSR count). The molecular weight excluding hydrogens is 272 g/mol. The Hall–Kier alpha value is -1.56. The van der Waals surface area contributed by atoms with Crippen LogP contribution in [0.3, 0.4) is 0 Å². The van der Waals surface area contributed by atoms with E-state index >= 15 is 0 Å². The Balaban J connectivity index is 2.67. The topological polar surface area (TPSA) is 78.9 Å². The third-order valence-corrected chi connectivity index (χ3v) is 3.35. The van der Waals surface area contributed by atoms with E-state index in [4.69, 9.17) is 4.74 Å². The number of ether oxygens (including phenoxy) is 1. The van der Waals surface area contributed by atoms with E-state index in [0.29, 0.717) is 13.0 Å². The van der Waals surface area contributed by atoms with Crippen LogP contribution >= 0.6 is 0 Å². The maximum absolute atomic E-state index is 11.9. The van der Waals surface area contributed by atoms with E-state index in [1.165, 1.54) is 0 Å². The monoisotopic (exact) mass is 298 g/mol. The van der Waals surface area contributed by atoms with Gasteiger partial charge in [-0.3, -0.25) is 4.90 Å². The molecule has 1 aliphatic rings. The molecule has 0 aliphatic carbocycles. The Morgan fingerprint density at radius 2 is 2.05 bits per heavy atom. The van der Waals surface area contributed by atoms with Crippen LogP contribution in [0.4, 0.5) is 4.79 Å². The lowest BCUT2D eigenvalue weighted by Crippen LogP contribution is -2.57. The van der Waals surface area contributed by atoms with Gasteiger partial charge in [0.1, 0.15) is 5.60 Å². The van der Waals surface area contributed by atoms with Crippen LogP contribution in [-0.2, 0) is 9.53 Å². The number of hydrogen-bond acceptors (Lipinski definition) is 4. The molecular formula is C15H26N2O4. The highest BCUT2D eigenvalue weighted by Gasteiger charge is 2.46. The van der Waals surface area contributed by atoms with Gasteiger partial charge in [-0.15, -0.1) is 6.58 Å².